The highest BCUT2D eigenvalue weighted by Crippen LogP contribution is 2.11. The van der Waals surface area contributed by atoms with Gasteiger partial charge in [0.1, 0.15) is 6.29 Å². The van der Waals surface area contributed by atoms with Crippen LogP contribution in [0.5, 0.6) is 0 Å². The maximum Gasteiger partial charge on any atom is 0.180 e. The Morgan fingerprint density at radius 2 is 1.62 bits per heavy atom. The zero-order valence-corrected chi connectivity index (χ0v) is 10.7. The fourth-order valence-corrected chi connectivity index (χ4v) is 4.04. The minimum atomic E-state index is -0.952. The van der Waals surface area contributed by atoms with E-state index < -0.39 is 9.04 Å². The minimum absolute atomic E-state index is 0.0507. The Morgan fingerprint density at radius 3 is 1.92 bits per heavy atom. The van der Waals surface area contributed by atoms with Crippen LogP contribution in [0.3, 0.4) is 0 Å². The molecule has 0 aromatic rings. The molecule has 1 atom stereocenters. The molecular weight excluding hydrogens is 180 g/mol. The Morgan fingerprint density at radius 1 is 1.08 bits per heavy atom. The van der Waals surface area contributed by atoms with Gasteiger partial charge in [0.15, 0.2) is 9.04 Å². The highest BCUT2D eigenvalue weighted by molar-refractivity contribution is 6.51. The van der Waals surface area contributed by atoms with Gasteiger partial charge in [-0.05, 0) is 18.5 Å². The van der Waals surface area contributed by atoms with Crippen LogP contribution in [0.1, 0.15) is 40.0 Å². The summed E-state index contributed by atoms with van der Waals surface area (Å²) in [5.74, 6) is 0. The zero-order valence-electron chi connectivity index (χ0n) is 9.51. The van der Waals surface area contributed by atoms with Crippen LogP contribution in [0.4, 0.5) is 0 Å². The Hall–Kier alpha value is 0.137. The molecule has 0 aliphatic heterocycles. The molecule has 1 unspecified atom stereocenters. The van der Waals surface area contributed by atoms with Crippen molar-refractivity contribution in [2.75, 3.05) is 7.11 Å². The number of methoxy groups -OCH3 is 1. The number of hydrogen-bond acceptors (Lipinski definition) is 2. The van der Waals surface area contributed by atoms with Gasteiger partial charge in [-0.2, -0.15) is 0 Å². The first-order valence-corrected chi connectivity index (χ1v) is 7.57. The third-order valence-electron chi connectivity index (χ3n) is 2.16. The number of ether oxygens (including phenoxy) is 1. The first kappa shape index (κ1) is 13.1. The van der Waals surface area contributed by atoms with Crippen molar-refractivity contribution in [2.24, 2.45) is 0 Å². The summed E-state index contributed by atoms with van der Waals surface area (Å²) in [7, 11) is 0.782. The summed E-state index contributed by atoms with van der Waals surface area (Å²) in [5.41, 5.74) is 0. The predicted molar refractivity (Wildman–Crippen MR) is 59.5 cm³/mol. The summed E-state index contributed by atoms with van der Waals surface area (Å²) in [6.07, 6.45) is 3.51. The van der Waals surface area contributed by atoms with Gasteiger partial charge in [0, 0.05) is 7.11 Å². The van der Waals surface area contributed by atoms with E-state index in [1.54, 1.807) is 7.11 Å². The van der Waals surface area contributed by atoms with E-state index in [9.17, 15) is 0 Å². The van der Waals surface area contributed by atoms with Crippen LogP contribution in [0.25, 0.3) is 0 Å². The third kappa shape index (κ3) is 6.24. The van der Waals surface area contributed by atoms with Crippen LogP contribution >= 0.6 is 0 Å². The fraction of sp³-hybridized carbons (Fsp3) is 1.00. The molecule has 0 fully saturated rings. The van der Waals surface area contributed by atoms with Crippen molar-refractivity contribution in [2.45, 2.75) is 58.4 Å². The average Bonchev–Trinajstić information content (AvgIpc) is 2.14. The van der Waals surface area contributed by atoms with Gasteiger partial charge in [-0.3, -0.25) is 0 Å². The van der Waals surface area contributed by atoms with Gasteiger partial charge in [0.05, 0.1) is 0 Å². The van der Waals surface area contributed by atoms with E-state index in [1.807, 2.05) is 0 Å². The van der Waals surface area contributed by atoms with Crippen LogP contribution < -0.4 is 0 Å². The van der Waals surface area contributed by atoms with Gasteiger partial charge < -0.3 is 9.16 Å². The highest BCUT2D eigenvalue weighted by Gasteiger charge is 2.14. The highest BCUT2D eigenvalue weighted by atomic mass is 28.3. The standard InChI is InChI=1S/C10H24O2Si/c1-5-8-13(9-6-2)12-10(7-3)11-4/h10,13H,5-9H2,1-4H3. The lowest BCUT2D eigenvalue weighted by Crippen LogP contribution is -2.26. The lowest BCUT2D eigenvalue weighted by molar-refractivity contribution is -0.0582. The maximum absolute atomic E-state index is 5.95. The van der Waals surface area contributed by atoms with Gasteiger partial charge >= 0.3 is 0 Å². The van der Waals surface area contributed by atoms with Gasteiger partial charge in [-0.15, -0.1) is 0 Å². The quantitative estimate of drug-likeness (QED) is 0.447. The van der Waals surface area contributed by atoms with E-state index in [2.05, 4.69) is 20.8 Å². The smallest absolute Gasteiger partial charge is 0.180 e. The van der Waals surface area contributed by atoms with Crippen LogP contribution in [-0.4, -0.2) is 22.4 Å². The molecule has 0 aromatic carbocycles. The van der Waals surface area contributed by atoms with E-state index in [-0.39, 0.29) is 6.29 Å². The van der Waals surface area contributed by atoms with Crippen molar-refractivity contribution in [3.8, 4) is 0 Å². The molecule has 0 radical (unpaired) electrons. The normalized spacial score (nSPS) is 13.6. The van der Waals surface area contributed by atoms with Crippen LogP contribution in [0, 0.1) is 0 Å². The van der Waals surface area contributed by atoms with Crippen molar-refractivity contribution < 1.29 is 9.16 Å². The third-order valence-corrected chi connectivity index (χ3v) is 5.29. The molecule has 13 heavy (non-hydrogen) atoms. The molecule has 0 rings (SSSR count). The molecule has 0 aliphatic rings. The SMILES string of the molecule is CCC[SiH](CCC)OC(CC)OC. The second kappa shape index (κ2) is 8.72. The van der Waals surface area contributed by atoms with Gasteiger partial charge in [-0.25, -0.2) is 0 Å². The molecule has 80 valence electrons. The van der Waals surface area contributed by atoms with Crippen molar-refractivity contribution in [1.29, 1.82) is 0 Å². The Bertz CT molecular complexity index is 99.1. The van der Waals surface area contributed by atoms with E-state index in [0.717, 1.165) is 6.42 Å². The molecule has 0 saturated heterocycles. The summed E-state index contributed by atoms with van der Waals surface area (Å²) in [6, 6.07) is 2.57. The van der Waals surface area contributed by atoms with E-state index in [4.69, 9.17) is 9.16 Å². The van der Waals surface area contributed by atoms with Gasteiger partial charge in [0.2, 0.25) is 0 Å². The molecule has 0 aliphatic carbocycles. The van der Waals surface area contributed by atoms with Crippen LogP contribution in [-0.2, 0) is 9.16 Å². The predicted octanol–water partition coefficient (Wildman–Crippen LogP) is 2.93. The van der Waals surface area contributed by atoms with Crippen molar-refractivity contribution in [3.05, 3.63) is 0 Å². The van der Waals surface area contributed by atoms with Gasteiger partial charge in [-0.1, -0.05) is 33.6 Å². The van der Waals surface area contributed by atoms with Crippen LogP contribution in [0.2, 0.25) is 12.1 Å². The minimum Gasteiger partial charge on any atom is -0.396 e. The molecule has 3 heteroatoms. The van der Waals surface area contributed by atoms with Crippen molar-refractivity contribution >= 4 is 9.04 Å². The fourth-order valence-electron chi connectivity index (χ4n) is 1.46. The molecule has 0 amide bonds. The Labute approximate surface area is 84.4 Å². The maximum atomic E-state index is 5.95. The molecule has 0 bridgehead atoms. The lowest BCUT2D eigenvalue weighted by atomic mass is 10.5. The monoisotopic (exact) mass is 204 g/mol. The second-order valence-corrected chi connectivity index (χ2v) is 6.08. The Balaban J connectivity index is 3.76. The molecule has 0 spiro atoms. The van der Waals surface area contributed by atoms with E-state index in [0.29, 0.717) is 0 Å². The summed E-state index contributed by atoms with van der Waals surface area (Å²) in [4.78, 5) is 0. The first-order chi connectivity index (χ1) is 6.28. The van der Waals surface area contributed by atoms with Crippen molar-refractivity contribution in [3.63, 3.8) is 0 Å². The number of rotatable bonds is 8. The molecule has 2 nitrogen and oxygen atoms in total. The Kier molecular flexibility index (Phi) is 8.81. The molecule has 0 saturated carbocycles. The van der Waals surface area contributed by atoms with Gasteiger partial charge in [0.25, 0.3) is 0 Å². The molecular formula is C10H24O2Si. The summed E-state index contributed by atoms with van der Waals surface area (Å²) < 4.78 is 11.2. The lowest BCUT2D eigenvalue weighted by Gasteiger charge is -2.21. The largest absolute Gasteiger partial charge is 0.396 e. The molecule has 0 N–H and O–H groups in total. The zero-order chi connectivity index (χ0) is 10.1. The number of hydrogen-bond donors (Lipinski definition) is 0. The topological polar surface area (TPSA) is 18.5 Å². The van der Waals surface area contributed by atoms with Crippen molar-refractivity contribution in [1.82, 2.24) is 0 Å². The summed E-state index contributed by atoms with van der Waals surface area (Å²) >= 11 is 0. The average molecular weight is 204 g/mol. The summed E-state index contributed by atoms with van der Waals surface area (Å²) in [6.45, 7) is 6.57. The van der Waals surface area contributed by atoms with E-state index >= 15 is 0 Å². The first-order valence-electron chi connectivity index (χ1n) is 5.46. The molecule has 0 aromatic heterocycles. The van der Waals surface area contributed by atoms with E-state index in [1.165, 1.54) is 24.9 Å². The molecule has 0 heterocycles. The van der Waals surface area contributed by atoms with Crippen LogP contribution in [0.15, 0.2) is 0 Å². The second-order valence-electron chi connectivity index (χ2n) is 3.41. The summed E-state index contributed by atoms with van der Waals surface area (Å²) in [5, 5.41) is 0.